The maximum absolute atomic E-state index is 4.98. The topological polar surface area (TPSA) is 42.7 Å². The van der Waals surface area contributed by atoms with Crippen LogP contribution in [-0.4, -0.2) is 14.5 Å². The largest absolute Gasteiger partial charge is 0.306 e. The number of nitrogens with zero attached hydrogens (tertiary/aromatic N) is 3. The Balaban J connectivity index is 1.34. The van der Waals surface area contributed by atoms with Crippen LogP contribution in [0.4, 0.5) is 0 Å². The fraction of sp³-hybridized carbons (Fsp3) is 0.250. The number of halogens is 1. The van der Waals surface area contributed by atoms with Gasteiger partial charge in [0.05, 0.1) is 12.0 Å². The van der Waals surface area contributed by atoms with Crippen LogP contribution >= 0.6 is 27.3 Å². The minimum absolute atomic E-state index is 0.274. The summed E-state index contributed by atoms with van der Waals surface area (Å²) < 4.78 is 3.12. The van der Waals surface area contributed by atoms with Gasteiger partial charge in [-0.25, -0.2) is 9.97 Å². The van der Waals surface area contributed by atoms with E-state index in [2.05, 4.69) is 81.7 Å². The summed E-state index contributed by atoms with van der Waals surface area (Å²) in [5, 5.41) is 4.99. The molecule has 2 heterocycles. The Morgan fingerprint density at radius 1 is 1.13 bits per heavy atom. The summed E-state index contributed by atoms with van der Waals surface area (Å²) in [5.41, 5.74) is 4.89. The third kappa shape index (κ3) is 4.00. The number of imidazole rings is 1. The van der Waals surface area contributed by atoms with Gasteiger partial charge >= 0.3 is 0 Å². The highest BCUT2D eigenvalue weighted by Gasteiger charge is 2.26. The number of aryl methyl sites for hydroxylation is 1. The monoisotopic (exact) mass is 478 g/mol. The Morgan fingerprint density at radius 2 is 1.93 bits per heavy atom. The lowest BCUT2D eigenvalue weighted by atomic mass is 9.96. The predicted molar refractivity (Wildman–Crippen MR) is 126 cm³/mol. The lowest BCUT2D eigenvalue weighted by Gasteiger charge is -2.26. The highest BCUT2D eigenvalue weighted by Crippen LogP contribution is 2.39. The third-order valence-corrected chi connectivity index (χ3v) is 7.48. The number of thiazole rings is 1. The van der Waals surface area contributed by atoms with E-state index in [9.17, 15) is 0 Å². The number of hydrogen-bond donors (Lipinski definition) is 1. The van der Waals surface area contributed by atoms with Gasteiger partial charge < -0.3 is 9.88 Å². The zero-order valence-corrected chi connectivity index (χ0v) is 19.2. The molecule has 0 fully saturated rings. The van der Waals surface area contributed by atoms with Gasteiger partial charge in [0, 0.05) is 45.1 Å². The van der Waals surface area contributed by atoms with E-state index < -0.39 is 0 Å². The van der Waals surface area contributed by atoms with Gasteiger partial charge in [-0.1, -0.05) is 40.2 Å². The summed E-state index contributed by atoms with van der Waals surface area (Å²) in [4.78, 5) is 10.5. The van der Waals surface area contributed by atoms with Crippen molar-refractivity contribution in [2.24, 2.45) is 0 Å². The number of rotatable bonds is 5. The molecule has 0 saturated carbocycles. The molecule has 1 aliphatic carbocycles. The second kappa shape index (κ2) is 8.46. The molecule has 0 aliphatic heterocycles. The summed E-state index contributed by atoms with van der Waals surface area (Å²) in [5.74, 6) is 0. The third-order valence-electron chi connectivity index (χ3n) is 5.69. The maximum atomic E-state index is 4.98. The zero-order chi connectivity index (χ0) is 20.5. The molecule has 0 bridgehead atoms. The highest BCUT2D eigenvalue weighted by molar-refractivity contribution is 9.10. The smallest absolute Gasteiger partial charge is 0.123 e. The molecule has 152 valence electrons. The molecule has 2 atom stereocenters. The quantitative estimate of drug-likeness (QED) is 0.356. The van der Waals surface area contributed by atoms with Gasteiger partial charge in [0.25, 0.3) is 0 Å². The first-order valence-corrected chi connectivity index (χ1v) is 11.9. The molecule has 2 aromatic carbocycles. The molecule has 0 spiro atoms. The summed E-state index contributed by atoms with van der Waals surface area (Å²) in [7, 11) is 0. The summed E-state index contributed by atoms with van der Waals surface area (Å²) >= 11 is 5.36. The molecule has 0 radical (unpaired) electrons. The first-order chi connectivity index (χ1) is 14.7. The van der Waals surface area contributed by atoms with Crippen molar-refractivity contribution in [2.75, 3.05) is 0 Å². The van der Waals surface area contributed by atoms with Crippen LogP contribution in [0.5, 0.6) is 0 Å². The van der Waals surface area contributed by atoms with Crippen LogP contribution in [0, 0.1) is 0 Å². The maximum Gasteiger partial charge on any atom is 0.123 e. The molecule has 0 saturated heterocycles. The van der Waals surface area contributed by atoms with Crippen molar-refractivity contribution in [3.8, 4) is 16.3 Å². The minimum atomic E-state index is 0.274. The Hall–Kier alpha value is -2.28. The Bertz CT molecular complexity index is 1120. The van der Waals surface area contributed by atoms with E-state index >= 15 is 0 Å². The number of benzene rings is 2. The standard InChI is InChI=1S/C24H23BrN4S/c1-16(17-7-11-20(12-8-17)29-14-13-26-15-29)27-21-3-2-4-22-23(21)30-24(28-22)18-5-9-19(25)10-6-18/h5-16,21,27H,2-4H2,1H3. The van der Waals surface area contributed by atoms with Crippen LogP contribution in [0.15, 0.2) is 71.7 Å². The molecule has 2 aromatic heterocycles. The molecule has 1 N–H and O–H groups in total. The Kier molecular flexibility index (Phi) is 5.54. The molecule has 30 heavy (non-hydrogen) atoms. The van der Waals surface area contributed by atoms with Gasteiger partial charge in [-0.2, -0.15) is 0 Å². The van der Waals surface area contributed by atoms with Crippen molar-refractivity contribution < 1.29 is 0 Å². The van der Waals surface area contributed by atoms with Gasteiger partial charge in [0.2, 0.25) is 0 Å². The normalized spacial score (nSPS) is 16.9. The van der Waals surface area contributed by atoms with Crippen LogP contribution < -0.4 is 5.32 Å². The minimum Gasteiger partial charge on any atom is -0.306 e. The molecule has 1 aliphatic rings. The first-order valence-electron chi connectivity index (χ1n) is 10.3. The van der Waals surface area contributed by atoms with Crippen molar-refractivity contribution in [1.29, 1.82) is 0 Å². The van der Waals surface area contributed by atoms with Crippen LogP contribution in [0.2, 0.25) is 0 Å². The second-order valence-electron chi connectivity index (χ2n) is 7.73. The molecule has 5 rings (SSSR count). The van der Waals surface area contributed by atoms with E-state index in [1.54, 1.807) is 6.20 Å². The summed E-state index contributed by atoms with van der Waals surface area (Å²) in [6, 6.07) is 17.8. The summed E-state index contributed by atoms with van der Waals surface area (Å²) in [6.07, 6.45) is 9.01. The van der Waals surface area contributed by atoms with Crippen LogP contribution in [0.3, 0.4) is 0 Å². The number of fused-ring (bicyclic) bond motifs is 1. The lowest BCUT2D eigenvalue weighted by molar-refractivity contribution is 0.419. The predicted octanol–water partition coefficient (Wildman–Crippen LogP) is 6.49. The fourth-order valence-electron chi connectivity index (χ4n) is 4.04. The number of nitrogens with one attached hydrogen (secondary N) is 1. The van der Waals surface area contributed by atoms with Crippen molar-refractivity contribution in [1.82, 2.24) is 19.9 Å². The summed E-state index contributed by atoms with van der Waals surface area (Å²) in [6.45, 7) is 2.25. The average Bonchev–Trinajstić information content (AvgIpc) is 3.45. The molecule has 2 unspecified atom stereocenters. The lowest BCUT2D eigenvalue weighted by Crippen LogP contribution is -2.27. The molecule has 6 heteroatoms. The van der Waals surface area contributed by atoms with Crippen molar-refractivity contribution in [2.45, 2.75) is 38.3 Å². The molecular formula is C24H23BrN4S. The molecule has 0 amide bonds. The van der Waals surface area contributed by atoms with Gasteiger partial charge in [0.15, 0.2) is 0 Å². The van der Waals surface area contributed by atoms with E-state index in [1.165, 1.54) is 28.1 Å². The first kappa shape index (κ1) is 19.7. The van der Waals surface area contributed by atoms with Crippen molar-refractivity contribution in [3.63, 3.8) is 0 Å². The van der Waals surface area contributed by atoms with Gasteiger partial charge in [0.1, 0.15) is 5.01 Å². The Morgan fingerprint density at radius 3 is 2.67 bits per heavy atom. The van der Waals surface area contributed by atoms with E-state index in [0.29, 0.717) is 6.04 Å². The number of aromatic nitrogens is 3. The van der Waals surface area contributed by atoms with Crippen LogP contribution in [-0.2, 0) is 6.42 Å². The van der Waals surface area contributed by atoms with E-state index in [1.807, 2.05) is 28.4 Å². The number of hydrogen-bond acceptors (Lipinski definition) is 4. The van der Waals surface area contributed by atoms with Crippen LogP contribution in [0.1, 0.15) is 48.0 Å². The Labute approximate surface area is 189 Å². The van der Waals surface area contributed by atoms with E-state index in [0.717, 1.165) is 28.0 Å². The molecular weight excluding hydrogens is 456 g/mol. The van der Waals surface area contributed by atoms with Crippen LogP contribution in [0.25, 0.3) is 16.3 Å². The van der Waals surface area contributed by atoms with Gasteiger partial charge in [-0.15, -0.1) is 11.3 Å². The second-order valence-corrected chi connectivity index (χ2v) is 9.68. The van der Waals surface area contributed by atoms with E-state index in [-0.39, 0.29) is 6.04 Å². The van der Waals surface area contributed by atoms with Gasteiger partial charge in [-0.3, -0.25) is 0 Å². The van der Waals surface area contributed by atoms with E-state index in [4.69, 9.17) is 4.98 Å². The molecule has 4 aromatic rings. The fourth-order valence-corrected chi connectivity index (χ4v) is 5.52. The SMILES string of the molecule is CC(NC1CCCc2nc(-c3ccc(Br)cc3)sc21)c1ccc(-n2ccnc2)cc1. The van der Waals surface area contributed by atoms with Crippen molar-refractivity contribution >= 4 is 27.3 Å². The van der Waals surface area contributed by atoms with Gasteiger partial charge in [-0.05, 0) is 56.0 Å². The average molecular weight is 479 g/mol. The zero-order valence-electron chi connectivity index (χ0n) is 16.8. The van der Waals surface area contributed by atoms with Crippen molar-refractivity contribution in [3.05, 3.63) is 87.9 Å². The highest BCUT2D eigenvalue weighted by atomic mass is 79.9. The molecule has 4 nitrogen and oxygen atoms in total.